The minimum Gasteiger partial charge on any atom is -0.477 e. The molecule has 1 N–H and O–H groups in total. The van der Waals surface area contributed by atoms with Crippen molar-refractivity contribution >= 4 is 28.2 Å². The second-order valence-corrected chi connectivity index (χ2v) is 5.91. The van der Waals surface area contributed by atoms with Gasteiger partial charge in [-0.3, -0.25) is 4.79 Å². The summed E-state index contributed by atoms with van der Waals surface area (Å²) in [7, 11) is 0. The third-order valence-corrected chi connectivity index (χ3v) is 4.35. The van der Waals surface area contributed by atoms with Gasteiger partial charge in [0, 0.05) is 11.1 Å². The molecule has 0 aliphatic heterocycles. The number of rotatable bonds is 7. The number of esters is 1. The molecule has 0 unspecified atom stereocenters. The Bertz CT molecular complexity index is 727. The first-order chi connectivity index (χ1) is 11.6. The summed E-state index contributed by atoms with van der Waals surface area (Å²) in [5.74, 6) is -0.552. The summed E-state index contributed by atoms with van der Waals surface area (Å²) >= 11 is 1.36. The summed E-state index contributed by atoms with van der Waals surface area (Å²) in [4.78, 5) is 29.7. The van der Waals surface area contributed by atoms with Gasteiger partial charge in [0.2, 0.25) is 5.88 Å². The van der Waals surface area contributed by atoms with Gasteiger partial charge in [-0.1, -0.05) is 6.92 Å². The fourth-order valence-electron chi connectivity index (χ4n) is 2.06. The SMILES string of the molecule is CCOC(=O)c1cc(CC)sc1NC(=O)c1cccnc1OCC. The molecular weight excluding hydrogens is 328 g/mol. The Hall–Kier alpha value is -2.41. The molecule has 0 saturated carbocycles. The molecule has 0 aliphatic carbocycles. The number of nitrogens with zero attached hydrogens (tertiary/aromatic N) is 1. The van der Waals surface area contributed by atoms with Crippen LogP contribution in [-0.2, 0) is 11.2 Å². The number of hydrogen-bond donors (Lipinski definition) is 1. The minimum atomic E-state index is -0.444. The quantitative estimate of drug-likeness (QED) is 0.775. The molecule has 0 spiro atoms. The summed E-state index contributed by atoms with van der Waals surface area (Å²) in [6.45, 7) is 6.24. The van der Waals surface area contributed by atoms with Gasteiger partial charge in [-0.25, -0.2) is 9.78 Å². The summed E-state index contributed by atoms with van der Waals surface area (Å²) in [5.41, 5.74) is 0.689. The van der Waals surface area contributed by atoms with Crippen LogP contribution in [0.2, 0.25) is 0 Å². The molecule has 1 amide bonds. The van der Waals surface area contributed by atoms with E-state index in [9.17, 15) is 9.59 Å². The van der Waals surface area contributed by atoms with Crippen molar-refractivity contribution in [2.45, 2.75) is 27.2 Å². The van der Waals surface area contributed by atoms with Gasteiger partial charge in [0.25, 0.3) is 5.91 Å². The Morgan fingerprint density at radius 2 is 2.00 bits per heavy atom. The van der Waals surface area contributed by atoms with Gasteiger partial charge in [-0.15, -0.1) is 11.3 Å². The summed E-state index contributed by atoms with van der Waals surface area (Å²) < 4.78 is 10.4. The van der Waals surface area contributed by atoms with Crippen molar-refractivity contribution in [3.63, 3.8) is 0 Å². The monoisotopic (exact) mass is 348 g/mol. The van der Waals surface area contributed by atoms with Gasteiger partial charge in [0.15, 0.2) is 0 Å². The first-order valence-corrected chi connectivity index (χ1v) is 8.61. The first kappa shape index (κ1) is 17.9. The van der Waals surface area contributed by atoms with Crippen LogP contribution in [0.3, 0.4) is 0 Å². The van der Waals surface area contributed by atoms with Crippen LogP contribution in [0.15, 0.2) is 24.4 Å². The second-order valence-electron chi connectivity index (χ2n) is 4.77. The molecule has 0 saturated heterocycles. The van der Waals surface area contributed by atoms with Gasteiger partial charge < -0.3 is 14.8 Å². The fourth-order valence-corrected chi connectivity index (χ4v) is 3.03. The molecule has 7 heteroatoms. The van der Waals surface area contributed by atoms with Crippen molar-refractivity contribution in [1.29, 1.82) is 0 Å². The molecule has 2 rings (SSSR count). The second kappa shape index (κ2) is 8.44. The normalized spacial score (nSPS) is 10.3. The van der Waals surface area contributed by atoms with Crippen molar-refractivity contribution in [2.75, 3.05) is 18.5 Å². The number of amides is 1. The number of nitrogens with one attached hydrogen (secondary N) is 1. The van der Waals surface area contributed by atoms with E-state index in [1.54, 1.807) is 31.3 Å². The van der Waals surface area contributed by atoms with E-state index in [0.29, 0.717) is 22.7 Å². The van der Waals surface area contributed by atoms with Crippen LogP contribution in [-0.4, -0.2) is 30.1 Å². The molecule has 0 fully saturated rings. The first-order valence-electron chi connectivity index (χ1n) is 7.79. The Labute approximate surface area is 144 Å². The number of aromatic nitrogens is 1. The topological polar surface area (TPSA) is 77.5 Å². The molecule has 0 aromatic carbocycles. The molecule has 6 nitrogen and oxygen atoms in total. The van der Waals surface area contributed by atoms with Gasteiger partial charge in [-0.05, 0) is 38.5 Å². The van der Waals surface area contributed by atoms with Crippen LogP contribution in [0.1, 0.15) is 46.4 Å². The van der Waals surface area contributed by atoms with E-state index >= 15 is 0 Å². The predicted octanol–water partition coefficient (Wildman–Crippen LogP) is 3.53. The molecule has 0 radical (unpaired) electrons. The predicted molar refractivity (Wildman–Crippen MR) is 93.0 cm³/mol. The lowest BCUT2D eigenvalue weighted by Gasteiger charge is -2.09. The summed E-state index contributed by atoms with van der Waals surface area (Å²) in [6.07, 6.45) is 2.33. The van der Waals surface area contributed by atoms with E-state index in [4.69, 9.17) is 9.47 Å². The van der Waals surface area contributed by atoms with E-state index in [1.165, 1.54) is 11.3 Å². The van der Waals surface area contributed by atoms with Gasteiger partial charge in [0.05, 0.1) is 18.8 Å². The zero-order chi connectivity index (χ0) is 17.5. The number of hydrogen-bond acceptors (Lipinski definition) is 6. The molecule has 0 atom stereocenters. The number of aryl methyl sites for hydroxylation is 1. The number of anilines is 1. The Kier molecular flexibility index (Phi) is 6.31. The van der Waals surface area contributed by atoms with Crippen LogP contribution < -0.4 is 10.1 Å². The number of thiophene rings is 1. The van der Waals surface area contributed by atoms with Gasteiger partial charge >= 0.3 is 5.97 Å². The van der Waals surface area contributed by atoms with E-state index in [-0.39, 0.29) is 18.4 Å². The van der Waals surface area contributed by atoms with Crippen LogP contribution in [0.25, 0.3) is 0 Å². The lowest BCUT2D eigenvalue weighted by Crippen LogP contribution is -2.16. The van der Waals surface area contributed by atoms with E-state index in [2.05, 4.69) is 10.3 Å². The van der Waals surface area contributed by atoms with E-state index < -0.39 is 5.97 Å². The van der Waals surface area contributed by atoms with E-state index in [0.717, 1.165) is 11.3 Å². The van der Waals surface area contributed by atoms with Crippen molar-refractivity contribution in [3.8, 4) is 5.88 Å². The Balaban J connectivity index is 2.29. The highest BCUT2D eigenvalue weighted by atomic mass is 32.1. The Morgan fingerprint density at radius 3 is 2.67 bits per heavy atom. The number of ether oxygens (including phenoxy) is 2. The zero-order valence-corrected chi connectivity index (χ0v) is 14.7. The average molecular weight is 348 g/mol. The summed E-state index contributed by atoms with van der Waals surface area (Å²) in [5, 5.41) is 3.25. The number of pyridine rings is 1. The molecule has 0 aliphatic rings. The Morgan fingerprint density at radius 1 is 1.21 bits per heavy atom. The van der Waals surface area contributed by atoms with Crippen molar-refractivity contribution in [3.05, 3.63) is 40.4 Å². The van der Waals surface area contributed by atoms with Crippen LogP contribution >= 0.6 is 11.3 Å². The lowest BCUT2D eigenvalue weighted by atomic mass is 10.2. The van der Waals surface area contributed by atoms with Crippen LogP contribution in [0.4, 0.5) is 5.00 Å². The third-order valence-electron chi connectivity index (χ3n) is 3.15. The average Bonchev–Trinajstić information content (AvgIpc) is 2.99. The maximum Gasteiger partial charge on any atom is 0.341 e. The van der Waals surface area contributed by atoms with Crippen LogP contribution in [0.5, 0.6) is 5.88 Å². The maximum atomic E-state index is 12.6. The van der Waals surface area contributed by atoms with Crippen LogP contribution in [0, 0.1) is 0 Å². The third kappa shape index (κ3) is 4.11. The fraction of sp³-hybridized carbons (Fsp3) is 0.353. The largest absolute Gasteiger partial charge is 0.477 e. The maximum absolute atomic E-state index is 12.6. The highest BCUT2D eigenvalue weighted by molar-refractivity contribution is 7.16. The number of carbonyl (C=O) groups is 2. The standard InChI is InChI=1S/C17H20N2O4S/c1-4-11-10-13(17(21)23-6-3)16(24-11)19-14(20)12-8-7-9-18-15(12)22-5-2/h7-10H,4-6H2,1-3H3,(H,19,20). The highest BCUT2D eigenvalue weighted by Crippen LogP contribution is 2.30. The summed E-state index contributed by atoms with van der Waals surface area (Å²) in [6, 6.07) is 5.05. The molecule has 2 heterocycles. The van der Waals surface area contributed by atoms with Crippen molar-refractivity contribution in [1.82, 2.24) is 4.98 Å². The molecule has 2 aromatic heterocycles. The molecular formula is C17H20N2O4S. The minimum absolute atomic E-state index is 0.266. The van der Waals surface area contributed by atoms with Crippen molar-refractivity contribution < 1.29 is 19.1 Å². The zero-order valence-electron chi connectivity index (χ0n) is 13.9. The van der Waals surface area contributed by atoms with Gasteiger partial charge in [-0.2, -0.15) is 0 Å². The smallest absolute Gasteiger partial charge is 0.341 e. The highest BCUT2D eigenvalue weighted by Gasteiger charge is 2.21. The number of carbonyl (C=O) groups excluding carboxylic acids is 2. The van der Waals surface area contributed by atoms with Crippen molar-refractivity contribution in [2.24, 2.45) is 0 Å². The van der Waals surface area contributed by atoms with Gasteiger partial charge in [0.1, 0.15) is 10.6 Å². The lowest BCUT2D eigenvalue weighted by molar-refractivity contribution is 0.0528. The molecule has 0 bridgehead atoms. The van der Waals surface area contributed by atoms with E-state index in [1.807, 2.05) is 13.8 Å². The molecule has 2 aromatic rings. The molecule has 128 valence electrons. The molecule has 24 heavy (non-hydrogen) atoms.